The molecule has 2 heterocycles. The van der Waals surface area contributed by atoms with Crippen LogP contribution in [0.25, 0.3) is 0 Å². The summed E-state index contributed by atoms with van der Waals surface area (Å²) in [5, 5.41) is 3.42. The molecule has 0 saturated carbocycles. The summed E-state index contributed by atoms with van der Waals surface area (Å²) in [4.78, 5) is 14.9. The molecule has 23 heavy (non-hydrogen) atoms. The number of hydrogen-bond donors (Lipinski definition) is 1. The number of piperidine rings is 1. The van der Waals surface area contributed by atoms with Gasteiger partial charge in [0, 0.05) is 25.2 Å². The summed E-state index contributed by atoms with van der Waals surface area (Å²) >= 11 is 0. The summed E-state index contributed by atoms with van der Waals surface area (Å²) in [6.07, 6.45) is 1.05. The molecule has 126 valence electrons. The largest absolute Gasteiger partial charge is 0.496 e. The third kappa shape index (κ3) is 2.95. The van der Waals surface area contributed by atoms with Gasteiger partial charge in [0.1, 0.15) is 5.75 Å². The van der Waals surface area contributed by atoms with E-state index in [1.807, 2.05) is 4.90 Å². The van der Waals surface area contributed by atoms with Gasteiger partial charge in [-0.2, -0.15) is 0 Å². The summed E-state index contributed by atoms with van der Waals surface area (Å²) in [6, 6.07) is 3.41. The lowest BCUT2D eigenvalue weighted by molar-refractivity contribution is 0.0638. The van der Waals surface area contributed by atoms with Gasteiger partial charge in [-0.05, 0) is 31.3 Å². The van der Waals surface area contributed by atoms with E-state index in [4.69, 9.17) is 14.2 Å². The van der Waals surface area contributed by atoms with Crippen LogP contribution >= 0.6 is 0 Å². The first kappa shape index (κ1) is 15.9. The van der Waals surface area contributed by atoms with Crippen LogP contribution in [0.1, 0.15) is 16.8 Å². The Hall–Kier alpha value is -1.95. The normalized spacial score (nSPS) is 23.3. The van der Waals surface area contributed by atoms with Crippen molar-refractivity contribution in [3.05, 3.63) is 17.7 Å². The van der Waals surface area contributed by atoms with Gasteiger partial charge >= 0.3 is 0 Å². The van der Waals surface area contributed by atoms with E-state index in [9.17, 15) is 4.79 Å². The summed E-state index contributed by atoms with van der Waals surface area (Å²) in [7, 11) is 4.69. The molecule has 0 spiro atoms. The van der Waals surface area contributed by atoms with E-state index in [1.54, 1.807) is 33.5 Å². The zero-order valence-electron chi connectivity index (χ0n) is 13.9. The maximum absolute atomic E-state index is 13.0. The molecule has 1 aromatic carbocycles. The van der Waals surface area contributed by atoms with Gasteiger partial charge in [-0.25, -0.2) is 0 Å². The molecule has 0 bridgehead atoms. The van der Waals surface area contributed by atoms with Gasteiger partial charge in [-0.3, -0.25) is 4.79 Å². The van der Waals surface area contributed by atoms with Crippen molar-refractivity contribution in [3.8, 4) is 17.2 Å². The second kappa shape index (κ2) is 6.66. The summed E-state index contributed by atoms with van der Waals surface area (Å²) < 4.78 is 16.0. The summed E-state index contributed by atoms with van der Waals surface area (Å²) in [5.41, 5.74) is 0.523. The van der Waals surface area contributed by atoms with E-state index >= 15 is 0 Å². The molecule has 1 amide bonds. The fourth-order valence-electron chi connectivity index (χ4n) is 3.59. The van der Waals surface area contributed by atoms with Gasteiger partial charge in [-0.15, -0.1) is 0 Å². The van der Waals surface area contributed by atoms with Gasteiger partial charge in [0.15, 0.2) is 11.5 Å². The van der Waals surface area contributed by atoms with Gasteiger partial charge in [0.2, 0.25) is 0 Å². The first-order valence-electron chi connectivity index (χ1n) is 7.98. The van der Waals surface area contributed by atoms with Crippen molar-refractivity contribution < 1.29 is 19.0 Å². The minimum absolute atomic E-state index is 0.00634. The number of amides is 1. The van der Waals surface area contributed by atoms with Crippen molar-refractivity contribution >= 4 is 5.91 Å². The van der Waals surface area contributed by atoms with Crippen LogP contribution in [-0.2, 0) is 0 Å². The second-order valence-corrected chi connectivity index (χ2v) is 6.13. The molecule has 2 saturated heterocycles. The molecule has 6 nitrogen and oxygen atoms in total. The van der Waals surface area contributed by atoms with E-state index in [2.05, 4.69) is 5.32 Å². The Morgan fingerprint density at radius 1 is 1.04 bits per heavy atom. The van der Waals surface area contributed by atoms with Crippen molar-refractivity contribution in [1.82, 2.24) is 10.2 Å². The Kier molecular flexibility index (Phi) is 4.61. The number of ether oxygens (including phenoxy) is 3. The molecule has 2 aliphatic rings. The Balaban J connectivity index is 1.86. The first-order valence-corrected chi connectivity index (χ1v) is 7.98. The van der Waals surface area contributed by atoms with Gasteiger partial charge in [-0.1, -0.05) is 0 Å². The molecule has 0 unspecified atom stereocenters. The number of fused-ring (bicyclic) bond motifs is 1. The third-order valence-electron chi connectivity index (χ3n) is 4.93. The van der Waals surface area contributed by atoms with Crippen molar-refractivity contribution in [2.24, 2.45) is 11.8 Å². The number of methoxy groups -OCH3 is 3. The van der Waals surface area contributed by atoms with E-state index in [0.29, 0.717) is 34.6 Å². The predicted molar refractivity (Wildman–Crippen MR) is 86.5 cm³/mol. The molecule has 0 aliphatic carbocycles. The molecule has 2 fully saturated rings. The molecular formula is C17H24N2O4. The molecule has 2 atom stereocenters. The van der Waals surface area contributed by atoms with Crippen LogP contribution in [0.15, 0.2) is 12.1 Å². The smallest absolute Gasteiger partial charge is 0.257 e. The lowest BCUT2D eigenvalue weighted by atomic mass is 9.88. The highest BCUT2D eigenvalue weighted by atomic mass is 16.5. The number of benzene rings is 1. The highest BCUT2D eigenvalue weighted by Crippen LogP contribution is 2.36. The van der Waals surface area contributed by atoms with Crippen molar-refractivity contribution in [3.63, 3.8) is 0 Å². The summed E-state index contributed by atoms with van der Waals surface area (Å²) in [5.74, 6) is 2.85. The maximum Gasteiger partial charge on any atom is 0.257 e. The topological polar surface area (TPSA) is 60.0 Å². The highest BCUT2D eigenvalue weighted by Gasteiger charge is 2.35. The van der Waals surface area contributed by atoms with Gasteiger partial charge in [0.05, 0.1) is 26.9 Å². The molecule has 1 aromatic rings. The quantitative estimate of drug-likeness (QED) is 0.908. The zero-order valence-corrected chi connectivity index (χ0v) is 13.9. The monoisotopic (exact) mass is 320 g/mol. The average Bonchev–Trinajstić information content (AvgIpc) is 3.07. The lowest BCUT2D eigenvalue weighted by Crippen LogP contribution is -2.43. The predicted octanol–water partition coefficient (Wildman–Crippen LogP) is 1.39. The molecule has 6 heteroatoms. The molecule has 3 rings (SSSR count). The number of nitrogens with zero attached hydrogens (tertiary/aromatic N) is 1. The minimum atomic E-state index is -0.00634. The van der Waals surface area contributed by atoms with Crippen LogP contribution in [0.5, 0.6) is 17.2 Å². The van der Waals surface area contributed by atoms with Gasteiger partial charge in [0.25, 0.3) is 5.91 Å². The Labute approximate surface area is 136 Å². The van der Waals surface area contributed by atoms with Gasteiger partial charge < -0.3 is 24.4 Å². The average molecular weight is 320 g/mol. The number of nitrogens with one attached hydrogen (secondary N) is 1. The third-order valence-corrected chi connectivity index (χ3v) is 4.93. The molecular weight excluding hydrogens is 296 g/mol. The van der Waals surface area contributed by atoms with Crippen molar-refractivity contribution in [1.29, 1.82) is 0 Å². The van der Waals surface area contributed by atoms with Crippen molar-refractivity contribution in [2.75, 3.05) is 47.5 Å². The highest BCUT2D eigenvalue weighted by molar-refractivity contribution is 5.98. The van der Waals surface area contributed by atoms with E-state index in [0.717, 1.165) is 32.6 Å². The fraction of sp³-hybridized carbons (Fsp3) is 0.588. The number of carbonyl (C=O) groups is 1. The Bertz CT molecular complexity index is 590. The molecule has 0 radical (unpaired) electrons. The van der Waals surface area contributed by atoms with Crippen LogP contribution in [0.4, 0.5) is 0 Å². The maximum atomic E-state index is 13.0. The minimum Gasteiger partial charge on any atom is -0.496 e. The molecule has 2 aliphatic heterocycles. The standard InChI is InChI=1S/C17H24N2O4/c1-21-14-7-16(23-3)15(22-2)6-13(14)17(20)19-5-4-11-8-18-9-12(11)10-19/h6-7,11-12,18H,4-5,8-10H2,1-3H3/t11-,12+/m1/s1. The van der Waals surface area contributed by atoms with Crippen LogP contribution in [-0.4, -0.2) is 58.3 Å². The number of hydrogen-bond acceptors (Lipinski definition) is 5. The zero-order chi connectivity index (χ0) is 16.4. The second-order valence-electron chi connectivity index (χ2n) is 6.13. The van der Waals surface area contributed by atoms with Crippen LogP contribution in [0.3, 0.4) is 0 Å². The van der Waals surface area contributed by atoms with Crippen molar-refractivity contribution in [2.45, 2.75) is 6.42 Å². The SMILES string of the molecule is COc1cc(OC)c(C(=O)N2CC[C@@H]3CNC[C@H]3C2)cc1OC. The van der Waals surface area contributed by atoms with E-state index in [-0.39, 0.29) is 5.91 Å². The molecule has 0 aromatic heterocycles. The number of rotatable bonds is 4. The fourth-order valence-corrected chi connectivity index (χ4v) is 3.59. The van der Waals surface area contributed by atoms with Crippen LogP contribution < -0.4 is 19.5 Å². The number of likely N-dealkylation sites (tertiary alicyclic amines) is 1. The summed E-state index contributed by atoms with van der Waals surface area (Å²) in [6.45, 7) is 3.66. The Morgan fingerprint density at radius 2 is 1.70 bits per heavy atom. The van der Waals surface area contributed by atoms with Crippen LogP contribution in [0, 0.1) is 11.8 Å². The number of carbonyl (C=O) groups excluding carboxylic acids is 1. The van der Waals surface area contributed by atoms with E-state index in [1.165, 1.54) is 0 Å². The first-order chi connectivity index (χ1) is 11.2. The molecule has 1 N–H and O–H groups in total. The Morgan fingerprint density at radius 3 is 2.39 bits per heavy atom. The lowest BCUT2D eigenvalue weighted by Gasteiger charge is -2.34. The van der Waals surface area contributed by atoms with E-state index < -0.39 is 0 Å². The van der Waals surface area contributed by atoms with Crippen LogP contribution in [0.2, 0.25) is 0 Å².